The lowest BCUT2D eigenvalue weighted by molar-refractivity contribution is 0.0692. The Morgan fingerprint density at radius 1 is 1.24 bits per heavy atom. The first-order valence-electron chi connectivity index (χ1n) is 8.23. The van der Waals surface area contributed by atoms with Crippen LogP contribution in [0.15, 0.2) is 36.5 Å². The van der Waals surface area contributed by atoms with Gasteiger partial charge in [-0.2, -0.15) is 0 Å². The molecule has 3 rings (SSSR count). The molecular formula is C18H25Cl2N3OS. The van der Waals surface area contributed by atoms with Gasteiger partial charge in [0, 0.05) is 18.7 Å². The van der Waals surface area contributed by atoms with Crippen molar-refractivity contribution in [3.8, 4) is 10.6 Å². The highest BCUT2D eigenvalue weighted by Crippen LogP contribution is 2.27. The van der Waals surface area contributed by atoms with Crippen molar-refractivity contribution >= 4 is 42.1 Å². The van der Waals surface area contributed by atoms with Gasteiger partial charge in [-0.3, -0.25) is 4.79 Å². The fraction of sp³-hybridized carbons (Fsp3) is 0.444. The molecule has 25 heavy (non-hydrogen) atoms. The van der Waals surface area contributed by atoms with Gasteiger partial charge in [0.05, 0.1) is 6.20 Å². The van der Waals surface area contributed by atoms with Crippen LogP contribution in [0.25, 0.3) is 10.6 Å². The Hall–Kier alpha value is -1.14. The van der Waals surface area contributed by atoms with Crippen molar-refractivity contribution in [3.05, 3.63) is 41.4 Å². The second-order valence-electron chi connectivity index (χ2n) is 6.02. The summed E-state index contributed by atoms with van der Waals surface area (Å²) in [6.45, 7) is 2.80. The molecule has 0 radical (unpaired) electrons. The van der Waals surface area contributed by atoms with Gasteiger partial charge in [0.25, 0.3) is 5.91 Å². The van der Waals surface area contributed by atoms with E-state index in [9.17, 15) is 4.79 Å². The molecule has 2 aromatic rings. The van der Waals surface area contributed by atoms with E-state index in [0.717, 1.165) is 53.8 Å². The van der Waals surface area contributed by atoms with Crippen molar-refractivity contribution in [2.45, 2.75) is 19.3 Å². The third kappa shape index (κ3) is 5.68. The summed E-state index contributed by atoms with van der Waals surface area (Å²) in [6, 6.07) is 10.0. The molecule has 1 amide bonds. The Kier molecular flexibility index (Phi) is 9.43. The van der Waals surface area contributed by atoms with Gasteiger partial charge < -0.3 is 10.2 Å². The van der Waals surface area contributed by atoms with Crippen LogP contribution in [0.1, 0.15) is 28.9 Å². The maximum Gasteiger partial charge on any atom is 0.265 e. The molecule has 1 aliphatic heterocycles. The van der Waals surface area contributed by atoms with E-state index in [1.54, 1.807) is 6.20 Å². The number of carbonyl (C=O) groups is 1. The fourth-order valence-electron chi connectivity index (χ4n) is 3.02. The minimum absolute atomic E-state index is 0. The maximum absolute atomic E-state index is 12.6. The Morgan fingerprint density at radius 2 is 1.92 bits per heavy atom. The summed E-state index contributed by atoms with van der Waals surface area (Å²) in [6.07, 6.45) is 5.15. The third-order valence-corrected chi connectivity index (χ3v) is 5.48. The Balaban J connectivity index is 0.00000156. The van der Waals surface area contributed by atoms with Crippen molar-refractivity contribution in [2.75, 3.05) is 26.7 Å². The van der Waals surface area contributed by atoms with Gasteiger partial charge in [-0.1, -0.05) is 30.3 Å². The van der Waals surface area contributed by atoms with Gasteiger partial charge in [-0.25, -0.2) is 4.98 Å². The van der Waals surface area contributed by atoms with Gasteiger partial charge in [0.15, 0.2) is 0 Å². The molecule has 1 fully saturated rings. The molecule has 0 bridgehead atoms. The van der Waals surface area contributed by atoms with Crippen LogP contribution in [-0.4, -0.2) is 42.5 Å². The Labute approximate surface area is 165 Å². The van der Waals surface area contributed by atoms with Crippen molar-refractivity contribution in [1.82, 2.24) is 15.2 Å². The molecule has 0 unspecified atom stereocenters. The number of thiazole rings is 1. The number of benzene rings is 1. The van der Waals surface area contributed by atoms with Crippen molar-refractivity contribution in [1.29, 1.82) is 0 Å². The summed E-state index contributed by atoms with van der Waals surface area (Å²) in [7, 11) is 1.99. The minimum Gasteiger partial charge on any atom is -0.338 e. The summed E-state index contributed by atoms with van der Waals surface area (Å²) in [5.41, 5.74) is 1.07. The molecule has 138 valence electrons. The molecular weight excluding hydrogens is 377 g/mol. The predicted octanol–water partition coefficient (Wildman–Crippen LogP) is 4.12. The number of nitrogens with one attached hydrogen (secondary N) is 1. The lowest BCUT2D eigenvalue weighted by Crippen LogP contribution is -2.38. The van der Waals surface area contributed by atoms with E-state index in [4.69, 9.17) is 0 Å². The molecule has 1 N–H and O–H groups in total. The van der Waals surface area contributed by atoms with Gasteiger partial charge in [-0.15, -0.1) is 36.2 Å². The monoisotopic (exact) mass is 401 g/mol. The van der Waals surface area contributed by atoms with Gasteiger partial charge >= 0.3 is 0 Å². The van der Waals surface area contributed by atoms with E-state index in [-0.39, 0.29) is 30.7 Å². The first-order valence-corrected chi connectivity index (χ1v) is 9.04. The van der Waals surface area contributed by atoms with Gasteiger partial charge in [0.2, 0.25) is 0 Å². The number of rotatable bonds is 5. The Bertz CT molecular complexity index is 643. The molecule has 0 saturated carbocycles. The summed E-state index contributed by atoms with van der Waals surface area (Å²) >= 11 is 1.49. The standard InChI is InChI=1S/C18H23N3OS.2ClH/c1-19-10-7-14-8-11-21(12-9-14)18(22)16-13-20-17(23-16)15-5-3-2-4-6-15;;/h2-6,13-14,19H,7-12H2,1H3;2*1H. The summed E-state index contributed by atoms with van der Waals surface area (Å²) in [5.74, 6) is 0.879. The highest BCUT2D eigenvalue weighted by molar-refractivity contribution is 7.16. The topological polar surface area (TPSA) is 45.2 Å². The molecule has 1 aliphatic rings. The number of carbonyl (C=O) groups excluding carboxylic acids is 1. The largest absolute Gasteiger partial charge is 0.338 e. The smallest absolute Gasteiger partial charge is 0.265 e. The molecule has 0 aliphatic carbocycles. The zero-order valence-corrected chi connectivity index (χ0v) is 16.8. The van der Waals surface area contributed by atoms with E-state index in [0.29, 0.717) is 0 Å². The highest BCUT2D eigenvalue weighted by atomic mass is 35.5. The minimum atomic E-state index is 0. The number of aromatic nitrogens is 1. The maximum atomic E-state index is 12.6. The zero-order valence-electron chi connectivity index (χ0n) is 14.3. The molecule has 1 aromatic carbocycles. The molecule has 2 heterocycles. The first-order chi connectivity index (χ1) is 11.3. The summed E-state index contributed by atoms with van der Waals surface area (Å²) in [4.78, 5) is 19.8. The Morgan fingerprint density at radius 3 is 2.56 bits per heavy atom. The van der Waals surface area contributed by atoms with E-state index in [1.165, 1.54) is 17.8 Å². The second-order valence-corrected chi connectivity index (χ2v) is 7.05. The number of nitrogens with zero attached hydrogens (tertiary/aromatic N) is 2. The zero-order chi connectivity index (χ0) is 16.1. The number of halogens is 2. The lowest BCUT2D eigenvalue weighted by atomic mass is 9.93. The molecule has 1 saturated heterocycles. The molecule has 0 atom stereocenters. The highest BCUT2D eigenvalue weighted by Gasteiger charge is 2.24. The van der Waals surface area contributed by atoms with Crippen LogP contribution >= 0.6 is 36.2 Å². The predicted molar refractivity (Wildman–Crippen MR) is 109 cm³/mol. The van der Waals surface area contributed by atoms with Crippen LogP contribution in [0, 0.1) is 5.92 Å². The van der Waals surface area contributed by atoms with Crippen molar-refractivity contribution < 1.29 is 4.79 Å². The molecule has 1 aromatic heterocycles. The lowest BCUT2D eigenvalue weighted by Gasteiger charge is -2.31. The van der Waals surface area contributed by atoms with Crippen LogP contribution in [0.4, 0.5) is 0 Å². The van der Waals surface area contributed by atoms with Gasteiger partial charge in [-0.05, 0) is 38.8 Å². The third-order valence-electron chi connectivity index (χ3n) is 4.44. The summed E-state index contributed by atoms with van der Waals surface area (Å²) < 4.78 is 0. The van der Waals surface area contributed by atoms with Crippen LogP contribution in [0.5, 0.6) is 0 Å². The molecule has 7 heteroatoms. The number of piperidine rings is 1. The SMILES string of the molecule is CNCCC1CCN(C(=O)c2cnc(-c3ccccc3)s2)CC1.Cl.Cl. The van der Waals surface area contributed by atoms with Crippen molar-refractivity contribution in [2.24, 2.45) is 5.92 Å². The summed E-state index contributed by atoms with van der Waals surface area (Å²) in [5, 5.41) is 4.12. The quantitative estimate of drug-likeness (QED) is 0.819. The second kappa shape index (κ2) is 10.8. The average molecular weight is 402 g/mol. The number of amides is 1. The van der Waals surface area contributed by atoms with Crippen LogP contribution in [0.3, 0.4) is 0 Å². The van der Waals surface area contributed by atoms with Gasteiger partial charge in [0.1, 0.15) is 9.88 Å². The number of hydrogen-bond donors (Lipinski definition) is 1. The average Bonchev–Trinajstić information content (AvgIpc) is 3.11. The normalized spacial score (nSPS) is 14.5. The van der Waals surface area contributed by atoms with E-state index >= 15 is 0 Å². The van der Waals surface area contributed by atoms with Crippen LogP contribution in [-0.2, 0) is 0 Å². The first kappa shape index (κ1) is 21.9. The van der Waals surface area contributed by atoms with E-state index in [2.05, 4.69) is 10.3 Å². The van der Waals surface area contributed by atoms with Crippen LogP contribution in [0.2, 0.25) is 0 Å². The van der Waals surface area contributed by atoms with Crippen LogP contribution < -0.4 is 5.32 Å². The van der Waals surface area contributed by atoms with E-state index < -0.39 is 0 Å². The molecule has 4 nitrogen and oxygen atoms in total. The van der Waals surface area contributed by atoms with E-state index in [1.807, 2.05) is 42.3 Å². The van der Waals surface area contributed by atoms with Crippen molar-refractivity contribution in [3.63, 3.8) is 0 Å². The number of likely N-dealkylation sites (tertiary alicyclic amines) is 1. The number of hydrogen-bond acceptors (Lipinski definition) is 4. The fourth-order valence-corrected chi connectivity index (χ4v) is 3.91. The molecule has 0 spiro atoms.